The van der Waals surface area contributed by atoms with Crippen LogP contribution >= 0.6 is 0 Å². The van der Waals surface area contributed by atoms with Gasteiger partial charge < -0.3 is 20.6 Å². The topological polar surface area (TPSA) is 89.8 Å². The Kier molecular flexibility index (Phi) is 39.1. The Labute approximate surface area is 306 Å². The molecule has 0 aliphatic carbocycles. The number of carbonyl (C=O) groups excluding carboxylic acids is 1. The van der Waals surface area contributed by atoms with Crippen molar-refractivity contribution in [3.05, 3.63) is 12.2 Å². The third kappa shape index (κ3) is 36.7. The zero-order valence-corrected chi connectivity index (χ0v) is 33.1. The van der Waals surface area contributed by atoms with Crippen LogP contribution in [0.5, 0.6) is 0 Å². The van der Waals surface area contributed by atoms with E-state index in [0.29, 0.717) is 12.8 Å². The van der Waals surface area contributed by atoms with E-state index in [1.807, 2.05) is 0 Å². The van der Waals surface area contributed by atoms with Crippen molar-refractivity contribution in [2.24, 2.45) is 0 Å². The minimum absolute atomic E-state index is 0.124. The number of rotatable bonds is 40. The zero-order valence-electron chi connectivity index (χ0n) is 33.1. The van der Waals surface area contributed by atoms with Crippen molar-refractivity contribution in [1.29, 1.82) is 0 Å². The maximum absolute atomic E-state index is 12.4. The number of hydrogen-bond donors (Lipinski definition) is 4. The summed E-state index contributed by atoms with van der Waals surface area (Å²) in [4.78, 5) is 12.4. The summed E-state index contributed by atoms with van der Waals surface area (Å²) in [6, 6.07) is -0.738. The molecule has 0 aromatic heterocycles. The Morgan fingerprint density at radius 2 is 0.776 bits per heavy atom. The van der Waals surface area contributed by atoms with Crippen molar-refractivity contribution in [2.75, 3.05) is 6.61 Å². The number of aliphatic hydroxyl groups is 3. The monoisotopic (exact) mass is 694 g/mol. The number of carbonyl (C=O) groups is 1. The lowest BCUT2D eigenvalue weighted by molar-refractivity contribution is -0.123. The molecule has 0 heterocycles. The fourth-order valence-electron chi connectivity index (χ4n) is 6.90. The summed E-state index contributed by atoms with van der Waals surface area (Å²) in [5.41, 5.74) is 0. The van der Waals surface area contributed by atoms with E-state index < -0.39 is 18.2 Å². The van der Waals surface area contributed by atoms with Crippen molar-refractivity contribution < 1.29 is 20.1 Å². The van der Waals surface area contributed by atoms with E-state index in [1.165, 1.54) is 186 Å². The van der Waals surface area contributed by atoms with Crippen LogP contribution in [0.15, 0.2) is 12.2 Å². The molecule has 49 heavy (non-hydrogen) atoms. The Morgan fingerprint density at radius 3 is 1.10 bits per heavy atom. The van der Waals surface area contributed by atoms with E-state index in [4.69, 9.17) is 0 Å². The summed E-state index contributed by atoms with van der Waals surface area (Å²) in [6.07, 6.45) is 46.3. The van der Waals surface area contributed by atoms with Gasteiger partial charge >= 0.3 is 0 Å². The Bertz CT molecular complexity index is 684. The van der Waals surface area contributed by atoms with Gasteiger partial charge in [0.25, 0.3) is 0 Å². The number of nitrogens with one attached hydrogen (secondary N) is 1. The molecule has 0 aliphatic rings. The molecule has 0 bridgehead atoms. The smallest absolute Gasteiger partial charge is 0.220 e. The number of unbranched alkanes of at least 4 members (excludes halogenated alkanes) is 31. The van der Waals surface area contributed by atoms with Crippen LogP contribution in [0.1, 0.15) is 239 Å². The molecule has 0 saturated heterocycles. The van der Waals surface area contributed by atoms with Crippen LogP contribution in [0.3, 0.4) is 0 Å². The van der Waals surface area contributed by atoms with E-state index >= 15 is 0 Å². The predicted molar refractivity (Wildman–Crippen MR) is 213 cm³/mol. The van der Waals surface area contributed by atoms with E-state index in [1.54, 1.807) is 6.08 Å². The average Bonchev–Trinajstić information content (AvgIpc) is 3.10. The fraction of sp³-hybridized carbons (Fsp3) is 0.932. The first-order valence-corrected chi connectivity index (χ1v) is 22.0. The highest BCUT2D eigenvalue weighted by molar-refractivity contribution is 5.76. The third-order valence-corrected chi connectivity index (χ3v) is 10.3. The molecule has 292 valence electrons. The summed E-state index contributed by atoms with van der Waals surface area (Å²) < 4.78 is 0. The van der Waals surface area contributed by atoms with Crippen molar-refractivity contribution in [2.45, 2.75) is 257 Å². The van der Waals surface area contributed by atoms with Gasteiger partial charge in [0.2, 0.25) is 5.91 Å². The molecule has 4 N–H and O–H groups in total. The minimum Gasteiger partial charge on any atom is -0.394 e. The number of hydrogen-bond acceptors (Lipinski definition) is 4. The summed E-state index contributed by atoms with van der Waals surface area (Å²) in [6.45, 7) is 4.21. The maximum atomic E-state index is 12.4. The summed E-state index contributed by atoms with van der Waals surface area (Å²) in [7, 11) is 0. The number of amides is 1. The van der Waals surface area contributed by atoms with Gasteiger partial charge in [0, 0.05) is 6.42 Å². The SMILES string of the molecule is CCCCCCCCCCCCCCCCCCCCCCCCCC(=O)N[C@@H](CO)[C@H](O)/C=C/[C@H](O)CCCCCCCCCCCC. The van der Waals surface area contributed by atoms with Gasteiger partial charge in [0.15, 0.2) is 0 Å². The number of aliphatic hydroxyl groups excluding tert-OH is 3. The Morgan fingerprint density at radius 1 is 0.469 bits per heavy atom. The predicted octanol–water partition coefficient (Wildman–Crippen LogP) is 12.4. The lowest BCUT2D eigenvalue weighted by Gasteiger charge is -2.20. The summed E-state index contributed by atoms with van der Waals surface area (Å²) in [5, 5.41) is 33.2. The van der Waals surface area contributed by atoms with Crippen LogP contribution < -0.4 is 5.32 Å². The van der Waals surface area contributed by atoms with Gasteiger partial charge in [-0.2, -0.15) is 0 Å². The molecule has 1 amide bonds. The average molecular weight is 694 g/mol. The molecule has 5 heteroatoms. The van der Waals surface area contributed by atoms with Crippen LogP contribution in [-0.4, -0.2) is 46.1 Å². The molecule has 3 atom stereocenters. The van der Waals surface area contributed by atoms with Crippen molar-refractivity contribution >= 4 is 5.91 Å². The fourth-order valence-corrected chi connectivity index (χ4v) is 6.90. The van der Waals surface area contributed by atoms with E-state index in [9.17, 15) is 20.1 Å². The standard InChI is InChI=1S/C44H87NO4/c1-3-5-7-9-11-13-15-16-17-18-19-20-21-22-23-24-25-26-27-29-31-33-35-37-44(49)45-42(40-46)43(48)39-38-41(47)36-34-32-30-28-14-12-10-8-6-4-2/h38-39,41-43,46-48H,3-37,40H2,1-2H3,(H,45,49)/b39-38+/t41-,42+,43-/m1/s1. The van der Waals surface area contributed by atoms with Gasteiger partial charge in [0.05, 0.1) is 24.9 Å². The van der Waals surface area contributed by atoms with Crippen LogP contribution in [-0.2, 0) is 4.79 Å². The molecule has 5 nitrogen and oxygen atoms in total. The molecule has 0 saturated carbocycles. The second kappa shape index (κ2) is 39.9. The first-order chi connectivity index (χ1) is 24.0. The third-order valence-electron chi connectivity index (χ3n) is 10.3. The largest absolute Gasteiger partial charge is 0.394 e. The van der Waals surface area contributed by atoms with Crippen molar-refractivity contribution in [3.8, 4) is 0 Å². The molecule has 0 unspecified atom stereocenters. The summed E-state index contributed by atoms with van der Waals surface area (Å²) in [5.74, 6) is -0.124. The van der Waals surface area contributed by atoms with Gasteiger partial charge in [0.1, 0.15) is 0 Å². The Hall–Kier alpha value is -0.910. The Balaban J connectivity index is 3.57. The van der Waals surface area contributed by atoms with E-state index in [0.717, 1.165) is 32.1 Å². The highest BCUT2D eigenvalue weighted by atomic mass is 16.3. The highest BCUT2D eigenvalue weighted by Crippen LogP contribution is 2.16. The lowest BCUT2D eigenvalue weighted by Crippen LogP contribution is -2.45. The molecular weight excluding hydrogens is 606 g/mol. The second-order valence-electron chi connectivity index (χ2n) is 15.3. The molecule has 0 spiro atoms. The molecule has 0 aromatic carbocycles. The van der Waals surface area contributed by atoms with Crippen molar-refractivity contribution in [3.63, 3.8) is 0 Å². The molecule has 0 aromatic rings. The first-order valence-electron chi connectivity index (χ1n) is 22.0. The quantitative estimate of drug-likeness (QED) is 0.0380. The normalized spacial score (nSPS) is 13.7. The first kappa shape index (κ1) is 48.1. The zero-order chi connectivity index (χ0) is 35.9. The molecule has 0 aliphatic heterocycles. The van der Waals surface area contributed by atoms with E-state index in [-0.39, 0.29) is 12.5 Å². The highest BCUT2D eigenvalue weighted by Gasteiger charge is 2.18. The molecule has 0 fully saturated rings. The van der Waals surface area contributed by atoms with Crippen molar-refractivity contribution in [1.82, 2.24) is 5.32 Å². The molecular formula is C44H87NO4. The van der Waals surface area contributed by atoms with Gasteiger partial charge in [-0.25, -0.2) is 0 Å². The molecule has 0 rings (SSSR count). The van der Waals surface area contributed by atoms with Gasteiger partial charge in [-0.05, 0) is 12.8 Å². The second-order valence-corrected chi connectivity index (χ2v) is 15.3. The molecule has 0 radical (unpaired) electrons. The van der Waals surface area contributed by atoms with Crippen LogP contribution in [0.25, 0.3) is 0 Å². The van der Waals surface area contributed by atoms with Gasteiger partial charge in [-0.1, -0.05) is 231 Å². The van der Waals surface area contributed by atoms with Crippen LogP contribution in [0.4, 0.5) is 0 Å². The minimum atomic E-state index is -1.01. The lowest BCUT2D eigenvalue weighted by atomic mass is 10.0. The van der Waals surface area contributed by atoms with Gasteiger partial charge in [-0.3, -0.25) is 4.79 Å². The van der Waals surface area contributed by atoms with E-state index in [2.05, 4.69) is 19.2 Å². The van der Waals surface area contributed by atoms with Crippen LogP contribution in [0, 0.1) is 0 Å². The maximum Gasteiger partial charge on any atom is 0.220 e. The summed E-state index contributed by atoms with van der Waals surface area (Å²) >= 11 is 0. The van der Waals surface area contributed by atoms with Crippen LogP contribution in [0.2, 0.25) is 0 Å². The van der Waals surface area contributed by atoms with Gasteiger partial charge in [-0.15, -0.1) is 0 Å².